The molecule has 1 nitrogen and oxygen atoms in total. The van der Waals surface area contributed by atoms with Crippen molar-refractivity contribution in [3.05, 3.63) is 6.08 Å². The highest BCUT2D eigenvalue weighted by Crippen LogP contribution is 2.01. The molecule has 0 bridgehead atoms. The molecule has 0 amide bonds. The van der Waals surface area contributed by atoms with Gasteiger partial charge in [0.05, 0.1) is 0 Å². The average Bonchev–Trinajstić information content (AvgIpc) is 1.62. The zero-order valence-corrected chi connectivity index (χ0v) is 5.06. The highest BCUT2D eigenvalue weighted by atomic mass is 14.7. The van der Waals surface area contributed by atoms with Gasteiger partial charge >= 0.3 is 0 Å². The fourth-order valence-corrected chi connectivity index (χ4v) is 0.808. The summed E-state index contributed by atoms with van der Waals surface area (Å²) < 4.78 is 0. The van der Waals surface area contributed by atoms with Crippen molar-refractivity contribution in [1.29, 1.82) is 0 Å². The molecule has 8 heavy (non-hydrogen) atoms. The molecule has 1 aliphatic heterocycles. The van der Waals surface area contributed by atoms with Crippen molar-refractivity contribution >= 4 is 5.87 Å². The highest BCUT2D eigenvalue weighted by molar-refractivity contribution is 5.51. The molecule has 0 spiro atoms. The molecule has 0 aromatic heterocycles. The third-order valence-corrected chi connectivity index (χ3v) is 1.30. The lowest BCUT2D eigenvalue weighted by Gasteiger charge is -1.94. The summed E-state index contributed by atoms with van der Waals surface area (Å²) in [6.07, 6.45) is 7.10. The Bertz CT molecular complexity index is 99.6. The van der Waals surface area contributed by atoms with Crippen molar-refractivity contribution < 1.29 is 0 Å². The second-order valence-corrected chi connectivity index (χ2v) is 2.06. The van der Waals surface area contributed by atoms with E-state index in [0.717, 1.165) is 6.54 Å². The van der Waals surface area contributed by atoms with Crippen molar-refractivity contribution in [3.63, 3.8) is 0 Å². The second-order valence-electron chi connectivity index (χ2n) is 2.06. The van der Waals surface area contributed by atoms with E-state index in [1.165, 1.54) is 25.7 Å². The molecule has 44 valence electrons. The zero-order valence-electron chi connectivity index (χ0n) is 5.06. The second kappa shape index (κ2) is 3.45. The number of rotatable bonds is 0. The molecular formula is C7H11N. The van der Waals surface area contributed by atoms with Crippen LogP contribution in [0.2, 0.25) is 0 Å². The quantitative estimate of drug-likeness (QED) is 0.449. The van der Waals surface area contributed by atoms with Crippen LogP contribution in [0.4, 0.5) is 0 Å². The van der Waals surface area contributed by atoms with E-state index in [1.54, 1.807) is 0 Å². The summed E-state index contributed by atoms with van der Waals surface area (Å²) in [5.74, 6) is 2.89. The van der Waals surface area contributed by atoms with Gasteiger partial charge in [0.25, 0.3) is 0 Å². The predicted molar refractivity (Wildman–Crippen MR) is 35.3 cm³/mol. The summed E-state index contributed by atoms with van der Waals surface area (Å²) in [6.45, 7) is 0.983. The van der Waals surface area contributed by atoms with Crippen molar-refractivity contribution in [2.75, 3.05) is 6.54 Å². The van der Waals surface area contributed by atoms with Gasteiger partial charge in [-0.2, -0.15) is 0 Å². The average molecular weight is 109 g/mol. The molecule has 0 aromatic rings. The lowest BCUT2D eigenvalue weighted by atomic mass is 10.2. The molecule has 0 aromatic carbocycles. The number of nitrogens with zero attached hydrogens (tertiary/aromatic N) is 1. The Morgan fingerprint density at radius 1 is 1.25 bits per heavy atom. The maximum Gasteiger partial charge on any atom is 0.0483 e. The van der Waals surface area contributed by atoms with Crippen LogP contribution in [0.3, 0.4) is 0 Å². The third-order valence-electron chi connectivity index (χ3n) is 1.30. The summed E-state index contributed by atoms with van der Waals surface area (Å²) >= 11 is 0. The molecule has 1 heterocycles. The van der Waals surface area contributed by atoms with E-state index in [0.29, 0.717) is 0 Å². The first-order valence-corrected chi connectivity index (χ1v) is 3.24. The molecule has 0 saturated carbocycles. The minimum Gasteiger partial charge on any atom is -0.243 e. The fourth-order valence-electron chi connectivity index (χ4n) is 0.808. The Balaban J connectivity index is 2.36. The van der Waals surface area contributed by atoms with Crippen LogP contribution in [0, 0.1) is 0 Å². The summed E-state index contributed by atoms with van der Waals surface area (Å²) in [5, 5.41) is 0. The monoisotopic (exact) mass is 109 g/mol. The number of allylic oxidation sites excluding steroid dienone is 1. The maximum absolute atomic E-state index is 4.03. The lowest BCUT2D eigenvalue weighted by Crippen LogP contribution is -1.83. The Morgan fingerprint density at radius 2 is 2.25 bits per heavy atom. The smallest absolute Gasteiger partial charge is 0.0483 e. The van der Waals surface area contributed by atoms with Gasteiger partial charge in [0, 0.05) is 6.54 Å². The van der Waals surface area contributed by atoms with E-state index in [4.69, 9.17) is 0 Å². The molecule has 0 N–H and O–H groups in total. The van der Waals surface area contributed by atoms with Gasteiger partial charge < -0.3 is 0 Å². The summed E-state index contributed by atoms with van der Waals surface area (Å²) in [6, 6.07) is 0. The summed E-state index contributed by atoms with van der Waals surface area (Å²) in [5.41, 5.74) is 0. The van der Waals surface area contributed by atoms with Gasteiger partial charge in [-0.3, -0.25) is 0 Å². The first-order valence-electron chi connectivity index (χ1n) is 3.24. The van der Waals surface area contributed by atoms with Crippen LogP contribution in [0.5, 0.6) is 0 Å². The standard InChI is InChI=1S/C7H11N/c1-2-4-6-8-7-5-3-1/h4H,1-3,5,7H2. The van der Waals surface area contributed by atoms with Crippen molar-refractivity contribution in [2.24, 2.45) is 4.99 Å². The van der Waals surface area contributed by atoms with Crippen molar-refractivity contribution in [3.8, 4) is 0 Å². The maximum atomic E-state index is 4.03. The summed E-state index contributed by atoms with van der Waals surface area (Å²) in [7, 11) is 0. The molecule has 1 heteroatoms. The van der Waals surface area contributed by atoms with Gasteiger partial charge in [-0.05, 0) is 31.2 Å². The van der Waals surface area contributed by atoms with Crippen LogP contribution < -0.4 is 0 Å². The van der Waals surface area contributed by atoms with E-state index in [1.807, 2.05) is 6.08 Å². The molecule has 1 aliphatic rings. The van der Waals surface area contributed by atoms with Gasteiger partial charge in [-0.25, -0.2) is 4.99 Å². The van der Waals surface area contributed by atoms with Gasteiger partial charge in [0.1, 0.15) is 0 Å². The third kappa shape index (κ3) is 1.94. The SMILES string of the molecule is C1=CCCCCCN=1. The van der Waals surface area contributed by atoms with Crippen LogP contribution in [-0.4, -0.2) is 12.4 Å². The number of hydrogen-bond acceptors (Lipinski definition) is 1. The van der Waals surface area contributed by atoms with E-state index in [9.17, 15) is 0 Å². The largest absolute Gasteiger partial charge is 0.243 e. The topological polar surface area (TPSA) is 12.4 Å². The predicted octanol–water partition coefficient (Wildman–Crippen LogP) is 1.79. The lowest BCUT2D eigenvalue weighted by molar-refractivity contribution is 0.693. The fraction of sp³-hybridized carbons (Fsp3) is 0.714. The van der Waals surface area contributed by atoms with Crippen molar-refractivity contribution in [2.45, 2.75) is 25.7 Å². The number of hydrogen-bond donors (Lipinski definition) is 0. The first kappa shape index (κ1) is 5.58. The minimum atomic E-state index is 0.983. The van der Waals surface area contributed by atoms with E-state index >= 15 is 0 Å². The Labute approximate surface area is 50.1 Å². The molecule has 0 saturated heterocycles. The van der Waals surface area contributed by atoms with Crippen molar-refractivity contribution in [1.82, 2.24) is 0 Å². The highest BCUT2D eigenvalue weighted by Gasteiger charge is 1.87. The Hall–Kier alpha value is -0.550. The zero-order chi connectivity index (χ0) is 5.66. The van der Waals surface area contributed by atoms with Gasteiger partial charge in [0.2, 0.25) is 0 Å². The Morgan fingerprint density at radius 3 is 3.25 bits per heavy atom. The first-order chi connectivity index (χ1) is 4.00. The van der Waals surface area contributed by atoms with Crippen LogP contribution in [0.15, 0.2) is 11.1 Å². The molecule has 0 atom stereocenters. The molecule has 0 aliphatic carbocycles. The number of aliphatic imine (C=N–C) groups is 1. The summed E-state index contributed by atoms with van der Waals surface area (Å²) in [4.78, 5) is 4.03. The molecule has 0 radical (unpaired) electrons. The van der Waals surface area contributed by atoms with Crippen LogP contribution in [0.1, 0.15) is 25.7 Å². The van der Waals surface area contributed by atoms with E-state index < -0.39 is 0 Å². The van der Waals surface area contributed by atoms with Crippen LogP contribution in [-0.2, 0) is 0 Å². The minimum absolute atomic E-state index is 0.983. The molecule has 0 fully saturated rings. The normalized spacial score (nSPS) is 20.0. The van der Waals surface area contributed by atoms with E-state index in [-0.39, 0.29) is 0 Å². The molecule has 0 unspecified atom stereocenters. The Kier molecular flexibility index (Phi) is 2.41. The molecule has 1 rings (SSSR count). The molecular weight excluding hydrogens is 98.1 g/mol. The van der Waals surface area contributed by atoms with Crippen LogP contribution >= 0.6 is 0 Å². The van der Waals surface area contributed by atoms with Gasteiger partial charge in [0.15, 0.2) is 0 Å². The van der Waals surface area contributed by atoms with Gasteiger partial charge in [-0.1, -0.05) is 6.42 Å². The van der Waals surface area contributed by atoms with Crippen LogP contribution in [0.25, 0.3) is 0 Å². The van der Waals surface area contributed by atoms with E-state index in [2.05, 4.69) is 10.9 Å². The van der Waals surface area contributed by atoms with Gasteiger partial charge in [-0.15, -0.1) is 0 Å².